The molecule has 3 nitrogen and oxygen atoms in total. The van der Waals surface area contributed by atoms with Gasteiger partial charge >= 0.3 is 0 Å². The van der Waals surface area contributed by atoms with Gasteiger partial charge in [-0.1, -0.05) is 6.07 Å². The zero-order valence-electron chi connectivity index (χ0n) is 10.2. The van der Waals surface area contributed by atoms with Gasteiger partial charge in [-0.3, -0.25) is 4.90 Å². The second kappa shape index (κ2) is 4.85. The Labute approximate surface area is 97.0 Å². The molecule has 88 valence electrons. The molecule has 0 saturated heterocycles. The standard InChI is InChI=1S/C13H19NO2/c1-14-7-6-10-4-5-11(16-3)8-12(10)13(14)9-15-2/h4-5,8,13H,6-7,9H2,1-3H3. The van der Waals surface area contributed by atoms with Gasteiger partial charge < -0.3 is 9.47 Å². The number of rotatable bonds is 3. The SMILES string of the molecule is COCC1c2cc(OC)ccc2CCN1C. The van der Waals surface area contributed by atoms with Gasteiger partial charge in [0.2, 0.25) is 0 Å². The number of likely N-dealkylation sites (N-methyl/N-ethyl adjacent to an activating group) is 1. The van der Waals surface area contributed by atoms with Crippen molar-refractivity contribution in [1.82, 2.24) is 4.90 Å². The lowest BCUT2D eigenvalue weighted by molar-refractivity contribution is 0.100. The zero-order chi connectivity index (χ0) is 11.5. The van der Waals surface area contributed by atoms with Crippen molar-refractivity contribution >= 4 is 0 Å². The Morgan fingerprint density at radius 3 is 2.88 bits per heavy atom. The van der Waals surface area contributed by atoms with Crippen molar-refractivity contribution in [3.8, 4) is 5.75 Å². The molecule has 0 aliphatic carbocycles. The summed E-state index contributed by atoms with van der Waals surface area (Å²) in [5, 5.41) is 0. The normalized spacial score (nSPS) is 20.6. The molecule has 0 aromatic heterocycles. The lowest BCUT2D eigenvalue weighted by atomic mass is 9.93. The van der Waals surface area contributed by atoms with Gasteiger partial charge in [-0.05, 0) is 36.7 Å². The van der Waals surface area contributed by atoms with Crippen LogP contribution in [0.5, 0.6) is 5.75 Å². The Hall–Kier alpha value is -1.06. The summed E-state index contributed by atoms with van der Waals surface area (Å²) in [6.45, 7) is 1.82. The minimum absolute atomic E-state index is 0.351. The van der Waals surface area contributed by atoms with Gasteiger partial charge in [-0.15, -0.1) is 0 Å². The van der Waals surface area contributed by atoms with Crippen LogP contribution in [-0.2, 0) is 11.2 Å². The summed E-state index contributed by atoms with van der Waals surface area (Å²) in [6, 6.07) is 6.69. The quantitative estimate of drug-likeness (QED) is 0.777. The maximum Gasteiger partial charge on any atom is 0.119 e. The molecule has 0 spiro atoms. The largest absolute Gasteiger partial charge is 0.497 e. The second-order valence-electron chi connectivity index (χ2n) is 4.27. The van der Waals surface area contributed by atoms with Crippen LogP contribution in [0.25, 0.3) is 0 Å². The average molecular weight is 221 g/mol. The molecule has 0 N–H and O–H groups in total. The Morgan fingerprint density at radius 2 is 2.19 bits per heavy atom. The van der Waals surface area contributed by atoms with Crippen LogP contribution in [0, 0.1) is 0 Å². The van der Waals surface area contributed by atoms with Crippen molar-refractivity contribution in [2.75, 3.05) is 34.4 Å². The van der Waals surface area contributed by atoms with E-state index in [1.54, 1.807) is 14.2 Å². The molecule has 0 radical (unpaired) electrons. The van der Waals surface area contributed by atoms with Gasteiger partial charge in [0, 0.05) is 13.7 Å². The van der Waals surface area contributed by atoms with E-state index in [2.05, 4.69) is 24.1 Å². The van der Waals surface area contributed by atoms with E-state index in [9.17, 15) is 0 Å². The Morgan fingerprint density at radius 1 is 1.38 bits per heavy atom. The van der Waals surface area contributed by atoms with Gasteiger partial charge in [-0.2, -0.15) is 0 Å². The molecular formula is C13H19NO2. The number of benzene rings is 1. The predicted molar refractivity (Wildman–Crippen MR) is 63.9 cm³/mol. The monoisotopic (exact) mass is 221 g/mol. The van der Waals surface area contributed by atoms with Crippen molar-refractivity contribution in [2.45, 2.75) is 12.5 Å². The van der Waals surface area contributed by atoms with Crippen molar-refractivity contribution < 1.29 is 9.47 Å². The maximum atomic E-state index is 5.30. The number of ether oxygens (including phenoxy) is 2. The van der Waals surface area contributed by atoms with E-state index in [0.29, 0.717) is 6.04 Å². The third kappa shape index (κ3) is 2.06. The number of hydrogen-bond donors (Lipinski definition) is 0. The number of nitrogens with zero attached hydrogens (tertiary/aromatic N) is 1. The summed E-state index contributed by atoms with van der Waals surface area (Å²) in [5.74, 6) is 0.926. The first-order valence-electron chi connectivity index (χ1n) is 5.62. The highest BCUT2D eigenvalue weighted by Gasteiger charge is 2.24. The average Bonchev–Trinajstić information content (AvgIpc) is 2.32. The summed E-state index contributed by atoms with van der Waals surface area (Å²) >= 11 is 0. The van der Waals surface area contributed by atoms with Crippen LogP contribution in [0.4, 0.5) is 0 Å². The van der Waals surface area contributed by atoms with Gasteiger partial charge in [-0.25, -0.2) is 0 Å². The molecule has 1 aromatic carbocycles. The van der Waals surface area contributed by atoms with E-state index in [4.69, 9.17) is 9.47 Å². The fourth-order valence-electron chi connectivity index (χ4n) is 2.30. The van der Waals surface area contributed by atoms with Crippen LogP contribution in [0.3, 0.4) is 0 Å². The summed E-state index contributed by atoms with van der Waals surface area (Å²) in [4.78, 5) is 2.34. The lowest BCUT2D eigenvalue weighted by Gasteiger charge is -2.34. The van der Waals surface area contributed by atoms with Crippen LogP contribution < -0.4 is 4.74 Å². The van der Waals surface area contributed by atoms with E-state index in [1.807, 2.05) is 6.07 Å². The van der Waals surface area contributed by atoms with Crippen molar-refractivity contribution in [3.05, 3.63) is 29.3 Å². The summed E-state index contributed by atoms with van der Waals surface area (Å²) in [7, 11) is 5.61. The molecular weight excluding hydrogens is 202 g/mol. The highest BCUT2D eigenvalue weighted by Crippen LogP contribution is 2.31. The molecule has 0 saturated carbocycles. The fraction of sp³-hybridized carbons (Fsp3) is 0.538. The van der Waals surface area contributed by atoms with Crippen molar-refractivity contribution in [2.24, 2.45) is 0 Å². The van der Waals surface area contributed by atoms with E-state index >= 15 is 0 Å². The molecule has 1 heterocycles. The number of methoxy groups -OCH3 is 2. The molecule has 1 aliphatic heterocycles. The molecule has 0 amide bonds. The van der Waals surface area contributed by atoms with E-state index in [-0.39, 0.29) is 0 Å². The Bertz CT molecular complexity index is 365. The zero-order valence-corrected chi connectivity index (χ0v) is 10.2. The summed E-state index contributed by atoms with van der Waals surface area (Å²) in [6.07, 6.45) is 1.11. The van der Waals surface area contributed by atoms with Gasteiger partial charge in [0.1, 0.15) is 5.75 Å². The lowest BCUT2D eigenvalue weighted by Crippen LogP contribution is -2.34. The van der Waals surface area contributed by atoms with Gasteiger partial charge in [0.15, 0.2) is 0 Å². The van der Waals surface area contributed by atoms with Crippen molar-refractivity contribution in [3.63, 3.8) is 0 Å². The number of hydrogen-bond acceptors (Lipinski definition) is 3. The van der Waals surface area contributed by atoms with E-state index in [1.165, 1.54) is 11.1 Å². The van der Waals surface area contributed by atoms with Gasteiger partial charge in [0.25, 0.3) is 0 Å². The van der Waals surface area contributed by atoms with Crippen LogP contribution in [0.15, 0.2) is 18.2 Å². The molecule has 1 aliphatic rings. The highest BCUT2D eigenvalue weighted by atomic mass is 16.5. The first-order chi connectivity index (χ1) is 7.76. The smallest absolute Gasteiger partial charge is 0.119 e. The first kappa shape index (κ1) is 11.4. The van der Waals surface area contributed by atoms with Crippen LogP contribution in [-0.4, -0.2) is 39.3 Å². The third-order valence-electron chi connectivity index (χ3n) is 3.30. The topological polar surface area (TPSA) is 21.7 Å². The fourth-order valence-corrected chi connectivity index (χ4v) is 2.30. The molecule has 1 unspecified atom stereocenters. The minimum Gasteiger partial charge on any atom is -0.497 e. The third-order valence-corrected chi connectivity index (χ3v) is 3.30. The Balaban J connectivity index is 2.35. The van der Waals surface area contributed by atoms with Crippen LogP contribution in [0.2, 0.25) is 0 Å². The summed E-state index contributed by atoms with van der Waals surface area (Å²) < 4.78 is 10.6. The predicted octanol–water partition coefficient (Wildman–Crippen LogP) is 1.87. The molecule has 0 fully saturated rings. The molecule has 1 atom stereocenters. The molecule has 3 heteroatoms. The maximum absolute atomic E-state index is 5.30. The molecule has 2 rings (SSSR count). The minimum atomic E-state index is 0.351. The van der Waals surface area contributed by atoms with Gasteiger partial charge in [0.05, 0.1) is 19.8 Å². The van der Waals surface area contributed by atoms with E-state index < -0.39 is 0 Å². The van der Waals surface area contributed by atoms with Crippen LogP contribution >= 0.6 is 0 Å². The first-order valence-corrected chi connectivity index (χ1v) is 5.62. The molecule has 16 heavy (non-hydrogen) atoms. The van der Waals surface area contributed by atoms with Crippen molar-refractivity contribution in [1.29, 1.82) is 0 Å². The Kier molecular flexibility index (Phi) is 3.46. The van der Waals surface area contributed by atoms with E-state index in [0.717, 1.165) is 25.3 Å². The van der Waals surface area contributed by atoms with Crippen LogP contribution in [0.1, 0.15) is 17.2 Å². The summed E-state index contributed by atoms with van der Waals surface area (Å²) in [5.41, 5.74) is 2.76. The highest BCUT2D eigenvalue weighted by molar-refractivity contribution is 5.39. The number of fused-ring (bicyclic) bond motifs is 1. The second-order valence-corrected chi connectivity index (χ2v) is 4.27. The molecule has 1 aromatic rings. The molecule has 0 bridgehead atoms.